The number of hydrogen-bond acceptors (Lipinski definition) is 2. The van der Waals surface area contributed by atoms with Crippen LogP contribution in [0.15, 0.2) is 12.1 Å². The van der Waals surface area contributed by atoms with E-state index < -0.39 is 23.1 Å². The van der Waals surface area contributed by atoms with Gasteiger partial charge in [0.2, 0.25) is 0 Å². The lowest BCUT2D eigenvalue weighted by atomic mass is 10.1. The van der Waals surface area contributed by atoms with E-state index in [9.17, 15) is 13.6 Å². The van der Waals surface area contributed by atoms with Gasteiger partial charge in [0, 0.05) is 38.6 Å². The third-order valence-electron chi connectivity index (χ3n) is 3.56. The first kappa shape index (κ1) is 15.2. The van der Waals surface area contributed by atoms with E-state index in [0.29, 0.717) is 32.1 Å². The van der Waals surface area contributed by atoms with Crippen LogP contribution in [0, 0.1) is 18.6 Å². The molecule has 0 saturated carbocycles. The lowest BCUT2D eigenvalue weighted by Crippen LogP contribution is -2.49. The van der Waals surface area contributed by atoms with Crippen LogP contribution in [-0.2, 0) is 0 Å². The molecule has 1 fully saturated rings. The number of rotatable bonds is 3. The highest BCUT2D eigenvalue weighted by Gasteiger charge is 2.27. The van der Waals surface area contributed by atoms with Gasteiger partial charge in [0.1, 0.15) is 17.2 Å². The molecule has 1 aliphatic rings. The summed E-state index contributed by atoms with van der Waals surface area (Å²) in [5.41, 5.74) is -0.175. The molecule has 0 aromatic heterocycles. The molecule has 0 unspecified atom stereocenters. The van der Waals surface area contributed by atoms with Crippen LogP contribution in [0.25, 0.3) is 0 Å². The molecule has 0 N–H and O–H groups in total. The molecule has 0 bridgehead atoms. The maximum atomic E-state index is 13.9. The summed E-state index contributed by atoms with van der Waals surface area (Å²) >= 11 is 5.67. The Bertz CT molecular complexity index is 502. The summed E-state index contributed by atoms with van der Waals surface area (Å²) in [4.78, 5) is 15.9. The SMILES string of the molecule is Cc1ccc(F)c(C(=O)N2CCN(CCCl)CC2)c1F. The zero-order valence-electron chi connectivity index (χ0n) is 11.3. The first-order valence-corrected chi connectivity index (χ1v) is 7.10. The van der Waals surface area contributed by atoms with Gasteiger partial charge < -0.3 is 4.90 Å². The van der Waals surface area contributed by atoms with Crippen molar-refractivity contribution in [1.29, 1.82) is 0 Å². The predicted octanol–water partition coefficient (Wildman–Crippen LogP) is 2.27. The monoisotopic (exact) mass is 302 g/mol. The van der Waals surface area contributed by atoms with Crippen molar-refractivity contribution in [2.75, 3.05) is 38.6 Å². The van der Waals surface area contributed by atoms with Crippen LogP contribution in [0.5, 0.6) is 0 Å². The van der Waals surface area contributed by atoms with E-state index >= 15 is 0 Å². The summed E-state index contributed by atoms with van der Waals surface area (Å²) in [6.45, 7) is 4.55. The summed E-state index contributed by atoms with van der Waals surface area (Å²) in [6.07, 6.45) is 0. The Hall–Kier alpha value is -1.20. The van der Waals surface area contributed by atoms with Gasteiger partial charge in [-0.2, -0.15) is 0 Å². The van der Waals surface area contributed by atoms with E-state index in [-0.39, 0.29) is 5.56 Å². The van der Waals surface area contributed by atoms with Crippen LogP contribution >= 0.6 is 11.6 Å². The van der Waals surface area contributed by atoms with Crippen LogP contribution in [0.3, 0.4) is 0 Å². The van der Waals surface area contributed by atoms with Gasteiger partial charge in [-0.3, -0.25) is 9.69 Å². The van der Waals surface area contributed by atoms with Crippen LogP contribution in [-0.4, -0.2) is 54.3 Å². The standard InChI is InChI=1S/C14H17ClF2N2O/c1-10-2-3-11(16)12(13(10)17)14(20)19-8-6-18(5-4-15)7-9-19/h2-3H,4-9H2,1H3. The van der Waals surface area contributed by atoms with Gasteiger partial charge in [-0.25, -0.2) is 8.78 Å². The fraction of sp³-hybridized carbons (Fsp3) is 0.500. The van der Waals surface area contributed by atoms with E-state index in [1.807, 2.05) is 0 Å². The van der Waals surface area contributed by atoms with Gasteiger partial charge in [0.15, 0.2) is 0 Å². The minimum absolute atomic E-state index is 0.274. The second-order valence-corrected chi connectivity index (χ2v) is 5.25. The van der Waals surface area contributed by atoms with Crippen molar-refractivity contribution in [3.63, 3.8) is 0 Å². The maximum absolute atomic E-state index is 13.9. The number of amides is 1. The molecule has 0 spiro atoms. The second kappa shape index (κ2) is 6.50. The summed E-state index contributed by atoms with van der Waals surface area (Å²) in [7, 11) is 0. The Morgan fingerprint density at radius 2 is 1.90 bits per heavy atom. The Kier molecular flexibility index (Phi) is 4.94. The number of alkyl halides is 1. The molecule has 110 valence electrons. The molecule has 1 aromatic carbocycles. The van der Waals surface area contributed by atoms with E-state index in [1.165, 1.54) is 17.9 Å². The third-order valence-corrected chi connectivity index (χ3v) is 3.73. The minimum atomic E-state index is -0.804. The van der Waals surface area contributed by atoms with Gasteiger partial charge in [0.05, 0.1) is 0 Å². The largest absolute Gasteiger partial charge is 0.336 e. The Morgan fingerprint density at radius 1 is 1.25 bits per heavy atom. The van der Waals surface area contributed by atoms with Crippen molar-refractivity contribution in [2.24, 2.45) is 0 Å². The Labute approximate surface area is 122 Å². The van der Waals surface area contributed by atoms with Crippen molar-refractivity contribution in [3.05, 3.63) is 34.9 Å². The molecule has 1 heterocycles. The molecular formula is C14H17ClF2N2O. The number of carbonyl (C=O) groups excluding carboxylic acids is 1. The van der Waals surface area contributed by atoms with E-state index in [4.69, 9.17) is 11.6 Å². The molecule has 2 rings (SSSR count). The van der Waals surface area contributed by atoms with Crippen LogP contribution in [0.4, 0.5) is 8.78 Å². The third kappa shape index (κ3) is 3.10. The highest BCUT2D eigenvalue weighted by molar-refractivity contribution is 6.18. The van der Waals surface area contributed by atoms with Gasteiger partial charge in [-0.05, 0) is 18.6 Å². The molecule has 0 aliphatic carbocycles. The number of aryl methyl sites for hydroxylation is 1. The van der Waals surface area contributed by atoms with Crippen molar-refractivity contribution in [2.45, 2.75) is 6.92 Å². The molecule has 20 heavy (non-hydrogen) atoms. The maximum Gasteiger partial charge on any atom is 0.259 e. The number of nitrogens with zero attached hydrogens (tertiary/aromatic N) is 2. The number of halogens is 3. The van der Waals surface area contributed by atoms with Gasteiger partial charge in [-0.15, -0.1) is 11.6 Å². The highest BCUT2D eigenvalue weighted by atomic mass is 35.5. The Balaban J connectivity index is 2.12. The highest BCUT2D eigenvalue weighted by Crippen LogP contribution is 2.19. The fourth-order valence-corrected chi connectivity index (χ4v) is 2.54. The summed E-state index contributed by atoms with van der Waals surface area (Å²) in [5, 5.41) is 0. The van der Waals surface area contributed by atoms with E-state index in [1.54, 1.807) is 0 Å². The summed E-state index contributed by atoms with van der Waals surface area (Å²) < 4.78 is 27.7. The average Bonchev–Trinajstić information content (AvgIpc) is 2.44. The molecule has 1 saturated heterocycles. The molecule has 6 heteroatoms. The molecular weight excluding hydrogens is 286 g/mol. The van der Waals surface area contributed by atoms with E-state index in [0.717, 1.165) is 12.6 Å². The molecule has 1 aromatic rings. The Morgan fingerprint density at radius 3 is 2.50 bits per heavy atom. The zero-order chi connectivity index (χ0) is 14.7. The lowest BCUT2D eigenvalue weighted by Gasteiger charge is -2.34. The number of carbonyl (C=O) groups is 1. The van der Waals surface area contributed by atoms with Crippen LogP contribution in [0.2, 0.25) is 0 Å². The van der Waals surface area contributed by atoms with Gasteiger partial charge in [-0.1, -0.05) is 6.07 Å². The summed E-state index contributed by atoms with van der Waals surface area (Å²) in [5.74, 6) is -1.61. The van der Waals surface area contributed by atoms with Gasteiger partial charge >= 0.3 is 0 Å². The number of hydrogen-bond donors (Lipinski definition) is 0. The van der Waals surface area contributed by atoms with Crippen molar-refractivity contribution < 1.29 is 13.6 Å². The first-order valence-electron chi connectivity index (χ1n) is 6.56. The fourth-order valence-electron chi connectivity index (χ4n) is 2.30. The second-order valence-electron chi connectivity index (χ2n) is 4.88. The first-order chi connectivity index (χ1) is 9.54. The molecule has 0 radical (unpaired) electrons. The van der Waals surface area contributed by atoms with Crippen molar-refractivity contribution in [3.8, 4) is 0 Å². The number of piperazine rings is 1. The minimum Gasteiger partial charge on any atom is -0.336 e. The number of benzene rings is 1. The van der Waals surface area contributed by atoms with Crippen LogP contribution < -0.4 is 0 Å². The topological polar surface area (TPSA) is 23.6 Å². The average molecular weight is 303 g/mol. The molecule has 1 amide bonds. The molecule has 1 aliphatic heterocycles. The lowest BCUT2D eigenvalue weighted by molar-refractivity contribution is 0.0634. The van der Waals surface area contributed by atoms with E-state index in [2.05, 4.69) is 4.90 Å². The van der Waals surface area contributed by atoms with Gasteiger partial charge in [0.25, 0.3) is 5.91 Å². The zero-order valence-corrected chi connectivity index (χ0v) is 12.1. The van der Waals surface area contributed by atoms with Crippen LogP contribution in [0.1, 0.15) is 15.9 Å². The van der Waals surface area contributed by atoms with Crippen molar-refractivity contribution >= 4 is 17.5 Å². The quantitative estimate of drug-likeness (QED) is 0.800. The summed E-state index contributed by atoms with van der Waals surface area (Å²) in [6, 6.07) is 2.47. The molecule has 3 nitrogen and oxygen atoms in total. The normalized spacial score (nSPS) is 16.5. The molecule has 0 atom stereocenters. The predicted molar refractivity (Wildman–Crippen MR) is 74.2 cm³/mol. The van der Waals surface area contributed by atoms with Crippen molar-refractivity contribution in [1.82, 2.24) is 9.80 Å². The smallest absolute Gasteiger partial charge is 0.259 e.